The lowest BCUT2D eigenvalue weighted by molar-refractivity contribution is 0.177. The summed E-state index contributed by atoms with van der Waals surface area (Å²) in [6.45, 7) is 4.88. The van der Waals surface area contributed by atoms with Crippen molar-refractivity contribution in [3.63, 3.8) is 0 Å². The number of benzene rings is 1. The van der Waals surface area contributed by atoms with Gasteiger partial charge in [-0.25, -0.2) is 4.98 Å². The molecule has 0 saturated heterocycles. The number of hydrogen-bond donors (Lipinski definition) is 2. The molecular formula is C16H23N3O. The molecule has 1 heterocycles. The van der Waals surface area contributed by atoms with Gasteiger partial charge in [0.25, 0.3) is 0 Å². The van der Waals surface area contributed by atoms with Crippen LogP contribution in [0, 0.1) is 5.92 Å². The van der Waals surface area contributed by atoms with Crippen molar-refractivity contribution in [3.05, 3.63) is 30.1 Å². The van der Waals surface area contributed by atoms with E-state index in [4.69, 9.17) is 4.98 Å². The number of para-hydroxylation sites is 2. The summed E-state index contributed by atoms with van der Waals surface area (Å²) in [5, 5.41) is 13.1. The lowest BCUT2D eigenvalue weighted by atomic mass is 10.1. The Bertz CT molecular complexity index is 578. The van der Waals surface area contributed by atoms with E-state index in [2.05, 4.69) is 35.0 Å². The van der Waals surface area contributed by atoms with Gasteiger partial charge in [-0.2, -0.15) is 0 Å². The molecule has 2 unspecified atom stereocenters. The van der Waals surface area contributed by atoms with Crippen LogP contribution in [0.5, 0.6) is 0 Å². The molecule has 1 aromatic carbocycles. The summed E-state index contributed by atoms with van der Waals surface area (Å²) in [7, 11) is 0. The second-order valence-corrected chi connectivity index (χ2v) is 5.72. The number of rotatable bonds is 5. The van der Waals surface area contributed by atoms with Gasteiger partial charge in [0.15, 0.2) is 0 Å². The lowest BCUT2D eigenvalue weighted by Crippen LogP contribution is -2.23. The first-order valence-corrected chi connectivity index (χ1v) is 7.61. The molecule has 2 aromatic rings. The van der Waals surface area contributed by atoms with Gasteiger partial charge in [0.1, 0.15) is 5.82 Å². The highest BCUT2D eigenvalue weighted by Crippen LogP contribution is 2.24. The summed E-state index contributed by atoms with van der Waals surface area (Å²) in [6.07, 6.45) is 2.96. The normalized spacial score (nSPS) is 22.7. The maximum absolute atomic E-state index is 9.55. The molecule has 4 heteroatoms. The molecule has 2 N–H and O–H groups in total. The Morgan fingerprint density at radius 3 is 2.95 bits per heavy atom. The zero-order chi connectivity index (χ0) is 13.9. The molecule has 1 fully saturated rings. The number of aryl methyl sites for hydroxylation is 1. The van der Waals surface area contributed by atoms with E-state index in [-0.39, 0.29) is 6.10 Å². The van der Waals surface area contributed by atoms with Crippen LogP contribution < -0.4 is 5.32 Å². The Kier molecular flexibility index (Phi) is 4.03. The minimum absolute atomic E-state index is 0.0815. The summed E-state index contributed by atoms with van der Waals surface area (Å²) >= 11 is 0. The van der Waals surface area contributed by atoms with E-state index in [0.717, 1.165) is 50.2 Å². The molecule has 1 aliphatic rings. The molecule has 3 rings (SSSR count). The predicted molar refractivity (Wildman–Crippen MR) is 80.5 cm³/mol. The van der Waals surface area contributed by atoms with E-state index >= 15 is 0 Å². The molecule has 108 valence electrons. The molecule has 1 aromatic heterocycles. The zero-order valence-electron chi connectivity index (χ0n) is 12.0. The van der Waals surface area contributed by atoms with Gasteiger partial charge in [-0.1, -0.05) is 12.1 Å². The highest BCUT2D eigenvalue weighted by molar-refractivity contribution is 5.75. The van der Waals surface area contributed by atoms with Crippen LogP contribution in [0.1, 0.15) is 32.0 Å². The van der Waals surface area contributed by atoms with Crippen LogP contribution in [0.2, 0.25) is 0 Å². The predicted octanol–water partition coefficient (Wildman–Crippen LogP) is 2.31. The van der Waals surface area contributed by atoms with E-state index in [9.17, 15) is 5.11 Å². The quantitative estimate of drug-likeness (QED) is 0.879. The van der Waals surface area contributed by atoms with Crippen molar-refractivity contribution >= 4 is 11.0 Å². The highest BCUT2D eigenvalue weighted by atomic mass is 16.3. The average molecular weight is 273 g/mol. The second-order valence-electron chi connectivity index (χ2n) is 5.72. The van der Waals surface area contributed by atoms with Crippen molar-refractivity contribution in [3.8, 4) is 0 Å². The zero-order valence-corrected chi connectivity index (χ0v) is 12.0. The molecule has 0 spiro atoms. The van der Waals surface area contributed by atoms with E-state index < -0.39 is 0 Å². The van der Waals surface area contributed by atoms with Crippen molar-refractivity contribution in [2.24, 2.45) is 5.92 Å². The third kappa shape index (κ3) is 2.72. The summed E-state index contributed by atoms with van der Waals surface area (Å²) in [5.41, 5.74) is 2.28. The maximum Gasteiger partial charge on any atom is 0.123 e. The maximum atomic E-state index is 9.55. The van der Waals surface area contributed by atoms with Gasteiger partial charge in [-0.15, -0.1) is 0 Å². The van der Waals surface area contributed by atoms with Crippen LogP contribution >= 0.6 is 0 Å². The Morgan fingerprint density at radius 2 is 2.20 bits per heavy atom. The Morgan fingerprint density at radius 1 is 1.35 bits per heavy atom. The topological polar surface area (TPSA) is 50.1 Å². The summed E-state index contributed by atoms with van der Waals surface area (Å²) in [4.78, 5) is 4.71. The fourth-order valence-corrected chi connectivity index (χ4v) is 3.24. The molecule has 0 amide bonds. The molecule has 1 saturated carbocycles. The van der Waals surface area contributed by atoms with E-state index in [0.29, 0.717) is 5.92 Å². The van der Waals surface area contributed by atoms with E-state index in [1.807, 2.05) is 6.07 Å². The first kappa shape index (κ1) is 13.6. The monoisotopic (exact) mass is 273 g/mol. The third-order valence-corrected chi connectivity index (χ3v) is 4.28. The van der Waals surface area contributed by atoms with Crippen molar-refractivity contribution in [1.82, 2.24) is 14.9 Å². The summed E-state index contributed by atoms with van der Waals surface area (Å²) < 4.78 is 2.27. The third-order valence-electron chi connectivity index (χ3n) is 4.28. The van der Waals surface area contributed by atoms with Crippen LogP contribution in [-0.2, 0) is 13.1 Å². The van der Waals surface area contributed by atoms with E-state index in [1.165, 1.54) is 5.52 Å². The van der Waals surface area contributed by atoms with Gasteiger partial charge >= 0.3 is 0 Å². The van der Waals surface area contributed by atoms with Gasteiger partial charge in [-0.3, -0.25) is 0 Å². The Hall–Kier alpha value is -1.39. The smallest absolute Gasteiger partial charge is 0.123 e. The summed E-state index contributed by atoms with van der Waals surface area (Å²) in [5.74, 6) is 1.72. The Balaban J connectivity index is 1.65. The lowest BCUT2D eigenvalue weighted by Gasteiger charge is -2.11. The number of aliphatic hydroxyl groups excluding tert-OH is 1. The largest absolute Gasteiger partial charge is 0.393 e. The number of nitrogens with one attached hydrogen (secondary N) is 1. The Labute approximate surface area is 119 Å². The SMILES string of the molecule is CCn1c(CNCC2CCC(O)C2)nc2ccccc21. The minimum atomic E-state index is -0.0815. The van der Waals surface area contributed by atoms with Gasteiger partial charge in [-0.05, 0) is 50.8 Å². The fraction of sp³-hybridized carbons (Fsp3) is 0.562. The molecule has 1 aliphatic carbocycles. The number of aromatic nitrogens is 2. The van der Waals surface area contributed by atoms with E-state index in [1.54, 1.807) is 0 Å². The summed E-state index contributed by atoms with van der Waals surface area (Å²) in [6, 6.07) is 8.29. The minimum Gasteiger partial charge on any atom is -0.393 e. The van der Waals surface area contributed by atoms with Crippen molar-refractivity contribution in [2.45, 2.75) is 45.4 Å². The van der Waals surface area contributed by atoms with Crippen LogP contribution in [-0.4, -0.2) is 27.3 Å². The van der Waals surface area contributed by atoms with Gasteiger partial charge < -0.3 is 15.0 Å². The molecule has 0 bridgehead atoms. The molecule has 4 nitrogen and oxygen atoms in total. The fourth-order valence-electron chi connectivity index (χ4n) is 3.24. The van der Waals surface area contributed by atoms with Crippen molar-refractivity contribution < 1.29 is 5.11 Å². The number of imidazole rings is 1. The molecular weight excluding hydrogens is 250 g/mol. The first-order chi connectivity index (χ1) is 9.78. The van der Waals surface area contributed by atoms with Gasteiger partial charge in [0.2, 0.25) is 0 Å². The van der Waals surface area contributed by atoms with Crippen molar-refractivity contribution in [2.75, 3.05) is 6.54 Å². The second kappa shape index (κ2) is 5.94. The molecule has 0 radical (unpaired) electrons. The highest BCUT2D eigenvalue weighted by Gasteiger charge is 2.22. The number of hydrogen-bond acceptors (Lipinski definition) is 3. The van der Waals surface area contributed by atoms with Gasteiger partial charge in [0, 0.05) is 6.54 Å². The average Bonchev–Trinajstić information content (AvgIpc) is 3.02. The van der Waals surface area contributed by atoms with Gasteiger partial charge in [0.05, 0.1) is 23.7 Å². The van der Waals surface area contributed by atoms with Crippen LogP contribution in [0.4, 0.5) is 0 Å². The van der Waals surface area contributed by atoms with Crippen LogP contribution in [0.25, 0.3) is 11.0 Å². The number of fused-ring (bicyclic) bond motifs is 1. The first-order valence-electron chi connectivity index (χ1n) is 7.61. The number of aliphatic hydroxyl groups is 1. The van der Waals surface area contributed by atoms with Crippen molar-refractivity contribution in [1.29, 1.82) is 0 Å². The van der Waals surface area contributed by atoms with Crippen LogP contribution in [0.15, 0.2) is 24.3 Å². The molecule has 20 heavy (non-hydrogen) atoms. The standard InChI is InChI=1S/C16H23N3O/c1-2-19-15-6-4-3-5-14(15)18-16(19)11-17-10-12-7-8-13(20)9-12/h3-6,12-13,17,20H,2,7-11H2,1H3. The van der Waals surface area contributed by atoms with Crippen LogP contribution in [0.3, 0.4) is 0 Å². The number of nitrogens with zero attached hydrogens (tertiary/aromatic N) is 2. The molecule has 0 aliphatic heterocycles. The molecule has 2 atom stereocenters.